The molecule has 1 aromatic heterocycles. The van der Waals surface area contributed by atoms with Crippen LogP contribution in [0.3, 0.4) is 0 Å². The Morgan fingerprint density at radius 3 is 1.01 bits per heavy atom. The van der Waals surface area contributed by atoms with Gasteiger partial charge < -0.3 is 70.7 Å². The van der Waals surface area contributed by atoms with Gasteiger partial charge in [0.15, 0.2) is 0 Å². The summed E-state index contributed by atoms with van der Waals surface area (Å²) in [5, 5.41) is 21.4. The molecule has 7 N–H and O–H groups in total. The normalized spacial score (nSPS) is 14.3. The van der Waals surface area contributed by atoms with E-state index in [2.05, 4.69) is 192 Å². The van der Waals surface area contributed by atoms with E-state index >= 15 is 0 Å². The largest absolute Gasteiger partial charge is 0.467 e. The fourth-order valence-corrected chi connectivity index (χ4v) is 18.6. The van der Waals surface area contributed by atoms with E-state index in [1.807, 2.05) is 113 Å². The Morgan fingerprint density at radius 2 is 0.676 bits per heavy atom. The van der Waals surface area contributed by atoms with Crippen LogP contribution >= 0.6 is 0 Å². The number of unbranched alkanes of at least 4 members (excludes halogenated alkanes) is 9. The molecule has 0 bridgehead atoms. The zero-order chi connectivity index (χ0) is 110. The van der Waals surface area contributed by atoms with Crippen LogP contribution in [-0.4, -0.2) is 223 Å². The van der Waals surface area contributed by atoms with Crippen LogP contribution in [0.15, 0.2) is 49.1 Å². The Morgan fingerprint density at radius 1 is 0.359 bits per heavy atom. The topological polar surface area (TPSA) is 330 Å². The molecule has 2 aromatic rings. The summed E-state index contributed by atoms with van der Waals surface area (Å²) in [5.41, 5.74) is 0.864. The number of carbonyl (C=O) groups is 11. The van der Waals surface area contributed by atoms with Gasteiger partial charge in [-0.25, -0.2) is 9.78 Å². The van der Waals surface area contributed by atoms with E-state index in [1.165, 1.54) is 71.3 Å². The minimum atomic E-state index is -0.349. The lowest BCUT2D eigenvalue weighted by molar-refractivity contribution is -0.152. The minimum absolute atomic E-state index is 0.0465. The van der Waals surface area contributed by atoms with Crippen molar-refractivity contribution in [2.75, 3.05) is 112 Å². The summed E-state index contributed by atoms with van der Waals surface area (Å²) >= 11 is 0. The van der Waals surface area contributed by atoms with E-state index in [4.69, 9.17) is 14.2 Å². The minimum Gasteiger partial charge on any atom is -0.467 e. The van der Waals surface area contributed by atoms with Gasteiger partial charge in [-0.15, -0.1) is 0 Å². The quantitative estimate of drug-likeness (QED) is 0.0239. The molecule has 0 spiro atoms. The van der Waals surface area contributed by atoms with Crippen molar-refractivity contribution < 1.29 is 67.0 Å². The SMILES string of the molecule is CCC(CC)C(=O)N1CCCC1.CCC(CC)C(=O)N1CCC[C@H]1C(=O)OC.CCC(CC)C(=O)N1CCOCC1.CCC(CC)C(=O)NC(C)(C)C.CCC(CC)C(=O)NC(C)(C)CC(C)(C)C.CCC(CC)C(=O)NC(C)(C)c1ccccc1.CCC(CC)C(=O)NCCCCCCCCCCCCNC(=O)C(CC)CC.CCC(CC)C(=O)NCCN1CCOCC1.CCC(CC)C(=O)NCCn1ccnc1. The molecule has 0 radical (unpaired) electrons. The third kappa shape index (κ3) is 65.3. The van der Waals surface area contributed by atoms with Gasteiger partial charge in [-0.2, -0.15) is 0 Å². The second-order valence-corrected chi connectivity index (χ2v) is 43.1. The molecule has 844 valence electrons. The molecule has 4 saturated heterocycles. The maximum absolute atomic E-state index is 12.2. The highest BCUT2D eigenvalue weighted by atomic mass is 16.5. The fourth-order valence-electron chi connectivity index (χ4n) is 18.6. The second-order valence-electron chi connectivity index (χ2n) is 43.1. The highest BCUT2D eigenvalue weighted by Gasteiger charge is 2.38. The molecule has 0 aliphatic carbocycles. The summed E-state index contributed by atoms with van der Waals surface area (Å²) in [7, 11) is 1.38. The molecule has 4 fully saturated rings. The summed E-state index contributed by atoms with van der Waals surface area (Å²) in [6, 6.07) is 9.74. The number of hydrogen-bond acceptors (Lipinski definition) is 16. The Hall–Kier alpha value is -7.52. The zero-order valence-corrected chi connectivity index (χ0v) is 98.6. The molecule has 4 aliphatic heterocycles. The summed E-state index contributed by atoms with van der Waals surface area (Å²) in [6.07, 6.45) is 41.4. The van der Waals surface area contributed by atoms with Crippen molar-refractivity contribution in [3.8, 4) is 0 Å². The number of morpholine rings is 2. The van der Waals surface area contributed by atoms with Crippen molar-refractivity contribution >= 4 is 65.0 Å². The number of hydrogen-bond donors (Lipinski definition) is 7. The van der Waals surface area contributed by atoms with Gasteiger partial charge in [0.1, 0.15) is 6.04 Å². The molecule has 27 heteroatoms. The maximum atomic E-state index is 12.2. The van der Waals surface area contributed by atoms with E-state index in [1.54, 1.807) is 17.4 Å². The molecule has 0 unspecified atom stereocenters. The van der Waals surface area contributed by atoms with Crippen LogP contribution in [0.1, 0.15) is 438 Å². The van der Waals surface area contributed by atoms with Crippen LogP contribution in [-0.2, 0) is 79.0 Å². The summed E-state index contributed by atoms with van der Waals surface area (Å²) < 4.78 is 17.2. The van der Waals surface area contributed by atoms with Crippen LogP contribution in [0.2, 0.25) is 0 Å². The van der Waals surface area contributed by atoms with E-state index in [-0.39, 0.29) is 140 Å². The molecule has 1 aromatic carbocycles. The third-order valence-corrected chi connectivity index (χ3v) is 28.4. The van der Waals surface area contributed by atoms with E-state index in [0.29, 0.717) is 38.1 Å². The van der Waals surface area contributed by atoms with E-state index in [0.717, 1.165) is 251 Å². The number of imidazole rings is 1. The van der Waals surface area contributed by atoms with E-state index < -0.39 is 0 Å². The number of nitrogens with one attached hydrogen (secondary N) is 7. The molecule has 10 amide bonds. The molecule has 27 nitrogen and oxygen atoms in total. The second kappa shape index (κ2) is 85.2. The zero-order valence-electron chi connectivity index (χ0n) is 98.6. The third-order valence-electron chi connectivity index (χ3n) is 28.4. The fraction of sp³-hybridized carbons (Fsp3) is 0.831. The Kier molecular flexibility index (Phi) is 83.2. The molecule has 4 aliphatic rings. The summed E-state index contributed by atoms with van der Waals surface area (Å²) in [5.74, 6) is 3.68. The number of aromatic nitrogens is 2. The van der Waals surface area contributed by atoms with Crippen molar-refractivity contribution in [3.05, 3.63) is 54.6 Å². The lowest BCUT2D eigenvalue weighted by atomic mass is 9.81. The first kappa shape index (κ1) is 142. The molecule has 6 rings (SSSR count). The average Bonchev–Trinajstić information content (AvgIpc) is 1.80. The number of esters is 1. The van der Waals surface area contributed by atoms with E-state index in [9.17, 15) is 52.7 Å². The lowest BCUT2D eigenvalue weighted by Crippen LogP contribution is -2.48. The van der Waals surface area contributed by atoms with Gasteiger partial charge >= 0.3 is 5.97 Å². The standard InChI is InChI=1S/C24H48N2O2.C15H23NO.C14H29NO.C12H24N2O2.C12H21NO3.C11H19N3O.C10H19NO2.C10H19NO.C10H21NO/c1-5-21(6-2)23(27)25-19-17-15-13-11-9-10-12-14-16-18-20-26-24(28)22(7-3)8-4;1-5-12(6-2)14(17)16-15(3,4)13-10-8-7-9-11-13;1-8-11(9-2)12(16)15-14(6,7)10-13(3,4)5;1-3-11(4-2)12(15)13-5-6-14-7-9-16-10-8-14;1-4-9(5-2)11(14)13-8-6-7-10(13)12(15)16-3;1-3-10(4-2)11(15)13-6-8-14-7-5-12-9-14;1-3-9(4-2)10(12)11-5-7-13-8-6-11;1-3-9(4-2)10(12)11-7-5-6-8-11;1-6-8(7-2)9(12)11-10(3,4)5/h21-22H,5-20H2,1-4H3,(H,25,27)(H,26,28);7-12H,5-6H2,1-4H3,(H,16,17);11H,8-10H2,1-7H3,(H,15,16);11H,3-10H2,1-2H3,(H,13,15);9-10H,4-8H2,1-3H3;5,7,9-10H,3-4,6,8H2,1-2H3,(H,13,15);9H,3-8H2,1-2H3;9H,3-8H2,1-2H3;8H,6-7H2,1-5H3,(H,11,12)/t;;;;10-;;;;/m....0..../s1. The van der Waals surface area contributed by atoms with Crippen molar-refractivity contribution in [1.82, 2.24) is 66.4 Å². The number of rotatable bonds is 54. The molecule has 145 heavy (non-hydrogen) atoms. The van der Waals surface area contributed by atoms with Gasteiger partial charge in [0.05, 0.1) is 45.4 Å². The molecular formula is C118H223N13O14. The van der Waals surface area contributed by atoms with Gasteiger partial charge in [0.2, 0.25) is 59.1 Å². The number of nitrogens with zero attached hydrogens (tertiary/aromatic N) is 6. The molecule has 5 heterocycles. The van der Waals surface area contributed by atoms with Crippen molar-refractivity contribution in [2.45, 2.75) is 462 Å². The lowest BCUT2D eigenvalue weighted by Gasteiger charge is -2.34. The summed E-state index contributed by atoms with van der Waals surface area (Å²) in [4.78, 5) is 142. The Labute approximate surface area is 886 Å². The van der Waals surface area contributed by atoms with Crippen LogP contribution in [0, 0.1) is 64.6 Å². The number of likely N-dealkylation sites (tertiary alicyclic amines) is 2. The maximum Gasteiger partial charge on any atom is 0.328 e. The predicted octanol–water partition coefficient (Wildman–Crippen LogP) is 22.8. The summed E-state index contributed by atoms with van der Waals surface area (Å²) in [6.45, 7) is 76.3. The van der Waals surface area contributed by atoms with Crippen molar-refractivity contribution in [2.24, 2.45) is 64.6 Å². The number of benzene rings is 1. The van der Waals surface area contributed by atoms with Crippen molar-refractivity contribution in [3.63, 3.8) is 0 Å². The first-order valence-corrected chi connectivity index (χ1v) is 57.8. The predicted molar refractivity (Wildman–Crippen MR) is 600 cm³/mol. The van der Waals surface area contributed by atoms with Crippen molar-refractivity contribution in [1.29, 1.82) is 0 Å². The molecule has 1 atom stereocenters. The van der Waals surface area contributed by atoms with Gasteiger partial charge in [0, 0.05) is 168 Å². The van der Waals surface area contributed by atoms with Crippen LogP contribution in [0.4, 0.5) is 0 Å². The van der Waals surface area contributed by atoms with Crippen LogP contribution < -0.4 is 37.2 Å². The molecule has 0 saturated carbocycles. The smallest absolute Gasteiger partial charge is 0.328 e. The van der Waals surface area contributed by atoms with Gasteiger partial charge in [-0.1, -0.05) is 241 Å². The highest BCUT2D eigenvalue weighted by molar-refractivity contribution is 5.87. The average molecular weight is 2050 g/mol. The first-order chi connectivity index (χ1) is 68.9. The number of amides is 10. The van der Waals surface area contributed by atoms with Crippen LogP contribution in [0.25, 0.3) is 0 Å². The monoisotopic (exact) mass is 2050 g/mol. The Balaban J connectivity index is -0.00000158. The first-order valence-electron chi connectivity index (χ1n) is 57.8. The number of carbonyl (C=O) groups excluding carboxylic acids is 11. The van der Waals surface area contributed by atoms with Crippen LogP contribution in [0.5, 0.6) is 0 Å². The number of methoxy groups -OCH3 is 1. The molecular weight excluding hydrogens is 1820 g/mol. The van der Waals surface area contributed by atoms with Gasteiger partial charge in [-0.05, 0) is 233 Å². The Bertz CT molecular complexity index is 3550. The van der Waals surface area contributed by atoms with Gasteiger partial charge in [-0.3, -0.25) is 52.8 Å². The highest BCUT2D eigenvalue weighted by Crippen LogP contribution is 2.29. The van der Waals surface area contributed by atoms with Gasteiger partial charge in [0.25, 0.3) is 0 Å². The number of ether oxygens (including phenoxy) is 3.